The standard InChI is InChI=1S/C10H20N2O2/c1-3-5-7-9(13)12-8(6-4-2)10(11)14/h8H,3-7H2,1-2H3,(H2,11,14)(H,12,13)/t8-/m0/s1. The summed E-state index contributed by atoms with van der Waals surface area (Å²) in [5.41, 5.74) is 5.15. The number of carbonyl (C=O) groups is 2. The van der Waals surface area contributed by atoms with E-state index < -0.39 is 11.9 Å². The van der Waals surface area contributed by atoms with E-state index in [-0.39, 0.29) is 5.91 Å². The van der Waals surface area contributed by atoms with Gasteiger partial charge in [-0.05, 0) is 12.8 Å². The molecule has 0 aromatic heterocycles. The van der Waals surface area contributed by atoms with Crippen LogP contribution in [0.2, 0.25) is 0 Å². The van der Waals surface area contributed by atoms with E-state index >= 15 is 0 Å². The van der Waals surface area contributed by atoms with Crippen molar-refractivity contribution in [1.82, 2.24) is 5.32 Å². The number of unbranched alkanes of at least 4 members (excludes halogenated alkanes) is 1. The molecule has 0 unspecified atom stereocenters. The maximum Gasteiger partial charge on any atom is 0.239 e. The smallest absolute Gasteiger partial charge is 0.239 e. The van der Waals surface area contributed by atoms with Crippen LogP contribution in [0, 0.1) is 0 Å². The Bertz CT molecular complexity index is 193. The minimum Gasteiger partial charge on any atom is -0.368 e. The molecular weight excluding hydrogens is 180 g/mol. The molecule has 0 saturated heterocycles. The van der Waals surface area contributed by atoms with Crippen LogP contribution in [0.15, 0.2) is 0 Å². The van der Waals surface area contributed by atoms with E-state index in [2.05, 4.69) is 5.32 Å². The SMILES string of the molecule is CCCCC(=O)N[C@@H](CCC)C(N)=O. The summed E-state index contributed by atoms with van der Waals surface area (Å²) in [6.45, 7) is 3.97. The maximum atomic E-state index is 11.3. The third kappa shape index (κ3) is 5.56. The van der Waals surface area contributed by atoms with Gasteiger partial charge in [0.1, 0.15) is 6.04 Å². The van der Waals surface area contributed by atoms with Crippen molar-refractivity contribution in [2.75, 3.05) is 0 Å². The highest BCUT2D eigenvalue weighted by Crippen LogP contribution is 1.99. The van der Waals surface area contributed by atoms with Crippen molar-refractivity contribution in [2.24, 2.45) is 5.73 Å². The molecule has 0 aliphatic rings. The first kappa shape index (κ1) is 12.9. The van der Waals surface area contributed by atoms with Gasteiger partial charge >= 0.3 is 0 Å². The molecule has 0 bridgehead atoms. The molecule has 0 radical (unpaired) electrons. The van der Waals surface area contributed by atoms with E-state index in [9.17, 15) is 9.59 Å². The van der Waals surface area contributed by atoms with Crippen molar-refractivity contribution in [2.45, 2.75) is 52.0 Å². The second-order valence-corrected chi connectivity index (χ2v) is 3.41. The van der Waals surface area contributed by atoms with Crippen LogP contribution in [0.5, 0.6) is 0 Å². The van der Waals surface area contributed by atoms with Crippen LogP contribution in [0.3, 0.4) is 0 Å². The van der Waals surface area contributed by atoms with E-state index in [0.29, 0.717) is 12.8 Å². The number of nitrogens with two attached hydrogens (primary N) is 1. The lowest BCUT2D eigenvalue weighted by atomic mass is 10.1. The van der Waals surface area contributed by atoms with Gasteiger partial charge in [-0.15, -0.1) is 0 Å². The lowest BCUT2D eigenvalue weighted by Crippen LogP contribution is -2.44. The first-order chi connectivity index (χ1) is 6.61. The molecule has 0 spiro atoms. The Balaban J connectivity index is 3.90. The summed E-state index contributed by atoms with van der Waals surface area (Å²) in [5, 5.41) is 2.64. The van der Waals surface area contributed by atoms with Crippen LogP contribution in [0.1, 0.15) is 46.0 Å². The van der Waals surface area contributed by atoms with Crippen molar-refractivity contribution < 1.29 is 9.59 Å². The van der Waals surface area contributed by atoms with E-state index in [0.717, 1.165) is 19.3 Å². The van der Waals surface area contributed by atoms with Gasteiger partial charge < -0.3 is 11.1 Å². The van der Waals surface area contributed by atoms with Gasteiger partial charge in [-0.2, -0.15) is 0 Å². The Labute approximate surface area is 85.2 Å². The zero-order valence-electron chi connectivity index (χ0n) is 9.01. The Hall–Kier alpha value is -1.06. The number of amides is 2. The van der Waals surface area contributed by atoms with Gasteiger partial charge in [-0.3, -0.25) is 9.59 Å². The molecule has 0 aliphatic heterocycles. The highest BCUT2D eigenvalue weighted by Gasteiger charge is 2.15. The fourth-order valence-electron chi connectivity index (χ4n) is 1.18. The van der Waals surface area contributed by atoms with Crippen molar-refractivity contribution in [3.63, 3.8) is 0 Å². The van der Waals surface area contributed by atoms with Gasteiger partial charge in [-0.1, -0.05) is 26.7 Å². The second-order valence-electron chi connectivity index (χ2n) is 3.41. The molecule has 0 saturated carbocycles. The Morgan fingerprint density at radius 2 is 1.93 bits per heavy atom. The van der Waals surface area contributed by atoms with Crippen LogP contribution in [-0.2, 0) is 9.59 Å². The predicted molar refractivity (Wildman–Crippen MR) is 55.6 cm³/mol. The zero-order chi connectivity index (χ0) is 11.0. The summed E-state index contributed by atoms with van der Waals surface area (Å²) < 4.78 is 0. The summed E-state index contributed by atoms with van der Waals surface area (Å²) in [6, 6.07) is -0.496. The first-order valence-electron chi connectivity index (χ1n) is 5.20. The number of hydrogen-bond acceptors (Lipinski definition) is 2. The average molecular weight is 200 g/mol. The molecule has 0 aromatic carbocycles. The number of hydrogen-bond donors (Lipinski definition) is 2. The molecule has 14 heavy (non-hydrogen) atoms. The summed E-state index contributed by atoms with van der Waals surface area (Å²) >= 11 is 0. The monoisotopic (exact) mass is 200 g/mol. The third-order valence-electron chi connectivity index (χ3n) is 2.01. The topological polar surface area (TPSA) is 72.2 Å². The molecule has 0 aliphatic carbocycles. The quantitative estimate of drug-likeness (QED) is 0.642. The summed E-state index contributed by atoms with van der Waals surface area (Å²) in [5.74, 6) is -0.527. The molecule has 82 valence electrons. The largest absolute Gasteiger partial charge is 0.368 e. The number of nitrogens with one attached hydrogen (secondary N) is 1. The Morgan fingerprint density at radius 3 is 2.36 bits per heavy atom. The molecule has 1 atom stereocenters. The first-order valence-corrected chi connectivity index (χ1v) is 5.20. The van der Waals surface area contributed by atoms with Crippen LogP contribution in [0.4, 0.5) is 0 Å². The van der Waals surface area contributed by atoms with E-state index in [1.54, 1.807) is 0 Å². The molecule has 0 heterocycles. The van der Waals surface area contributed by atoms with Crippen LogP contribution < -0.4 is 11.1 Å². The maximum absolute atomic E-state index is 11.3. The second kappa shape index (κ2) is 7.35. The molecule has 0 aromatic rings. The van der Waals surface area contributed by atoms with Gasteiger partial charge in [0.15, 0.2) is 0 Å². The number of rotatable bonds is 7. The predicted octanol–water partition coefficient (Wildman–Crippen LogP) is 0.947. The molecule has 0 rings (SSSR count). The minimum absolute atomic E-state index is 0.0795. The molecule has 3 N–H and O–H groups in total. The Morgan fingerprint density at radius 1 is 1.29 bits per heavy atom. The minimum atomic E-state index is -0.496. The van der Waals surface area contributed by atoms with E-state index in [1.807, 2.05) is 13.8 Å². The van der Waals surface area contributed by atoms with Crippen molar-refractivity contribution in [3.8, 4) is 0 Å². The van der Waals surface area contributed by atoms with E-state index in [1.165, 1.54) is 0 Å². The third-order valence-corrected chi connectivity index (χ3v) is 2.01. The highest BCUT2D eigenvalue weighted by atomic mass is 16.2. The van der Waals surface area contributed by atoms with Gasteiger partial charge in [0.25, 0.3) is 0 Å². The van der Waals surface area contributed by atoms with Gasteiger partial charge in [0.2, 0.25) is 11.8 Å². The average Bonchev–Trinajstić information content (AvgIpc) is 2.14. The van der Waals surface area contributed by atoms with Gasteiger partial charge in [0, 0.05) is 6.42 Å². The number of carbonyl (C=O) groups excluding carboxylic acids is 2. The van der Waals surface area contributed by atoms with Crippen molar-refractivity contribution >= 4 is 11.8 Å². The van der Waals surface area contributed by atoms with Crippen molar-refractivity contribution in [1.29, 1.82) is 0 Å². The highest BCUT2D eigenvalue weighted by molar-refractivity contribution is 5.86. The zero-order valence-corrected chi connectivity index (χ0v) is 9.01. The fraction of sp³-hybridized carbons (Fsp3) is 0.800. The molecule has 4 nitrogen and oxygen atoms in total. The van der Waals surface area contributed by atoms with Crippen LogP contribution >= 0.6 is 0 Å². The summed E-state index contributed by atoms with van der Waals surface area (Å²) in [6.07, 6.45) is 3.75. The lowest BCUT2D eigenvalue weighted by Gasteiger charge is -2.14. The molecule has 0 fully saturated rings. The lowest BCUT2D eigenvalue weighted by molar-refractivity contribution is -0.127. The summed E-state index contributed by atoms with van der Waals surface area (Å²) in [4.78, 5) is 22.2. The fourth-order valence-corrected chi connectivity index (χ4v) is 1.18. The normalized spacial score (nSPS) is 12.1. The van der Waals surface area contributed by atoms with E-state index in [4.69, 9.17) is 5.73 Å². The van der Waals surface area contributed by atoms with Crippen LogP contribution in [0.25, 0.3) is 0 Å². The van der Waals surface area contributed by atoms with Gasteiger partial charge in [0.05, 0.1) is 0 Å². The molecule has 2 amide bonds. The number of primary amides is 1. The Kier molecular flexibility index (Phi) is 6.80. The molecule has 4 heteroatoms. The van der Waals surface area contributed by atoms with Crippen LogP contribution in [-0.4, -0.2) is 17.9 Å². The van der Waals surface area contributed by atoms with Crippen molar-refractivity contribution in [3.05, 3.63) is 0 Å². The van der Waals surface area contributed by atoms with Gasteiger partial charge in [-0.25, -0.2) is 0 Å². The summed E-state index contributed by atoms with van der Waals surface area (Å²) in [7, 11) is 0. The molecular formula is C10H20N2O2.